The molecule has 0 spiro atoms. The lowest BCUT2D eigenvalue weighted by Gasteiger charge is -2.08. The molecule has 3 aromatic rings. The Morgan fingerprint density at radius 3 is 2.74 bits per heavy atom. The number of amides is 1. The molecule has 6 nitrogen and oxygen atoms in total. The first-order valence-electron chi connectivity index (χ1n) is 8.41. The minimum Gasteiger partial charge on any atom is -0.507 e. The third kappa shape index (κ3) is 4.49. The number of carbonyl (C=O) groups excluding carboxylic acids is 1. The van der Waals surface area contributed by atoms with E-state index in [0.29, 0.717) is 12.1 Å². The van der Waals surface area contributed by atoms with Crippen LogP contribution in [0.1, 0.15) is 27.0 Å². The number of hydrogen-bond acceptors (Lipinski definition) is 4. The zero-order chi connectivity index (χ0) is 19.2. The number of aryl methyl sites for hydroxylation is 1. The van der Waals surface area contributed by atoms with Crippen molar-refractivity contribution in [3.63, 3.8) is 0 Å². The molecule has 3 rings (SSSR count). The fourth-order valence-electron chi connectivity index (χ4n) is 2.66. The summed E-state index contributed by atoms with van der Waals surface area (Å²) in [5, 5.41) is 13.5. The van der Waals surface area contributed by atoms with Crippen molar-refractivity contribution in [2.75, 3.05) is 0 Å². The monoisotopic (exact) mass is 361 g/mol. The van der Waals surface area contributed by atoms with Crippen molar-refractivity contribution < 1.29 is 9.90 Å². The van der Waals surface area contributed by atoms with Gasteiger partial charge in [0.1, 0.15) is 11.3 Å². The summed E-state index contributed by atoms with van der Waals surface area (Å²) in [6.45, 7) is 2.36. The summed E-state index contributed by atoms with van der Waals surface area (Å²) in [7, 11) is 0. The molecule has 0 saturated carbocycles. The number of hydrazone groups is 1. The molecule has 0 unspecified atom stereocenters. The summed E-state index contributed by atoms with van der Waals surface area (Å²) in [6, 6.07) is 17.6. The summed E-state index contributed by atoms with van der Waals surface area (Å²) in [5.74, 6) is -0.555. The van der Waals surface area contributed by atoms with Gasteiger partial charge in [0.05, 0.1) is 12.8 Å². The van der Waals surface area contributed by atoms with Crippen LogP contribution in [0.2, 0.25) is 0 Å². The van der Waals surface area contributed by atoms with E-state index in [4.69, 9.17) is 0 Å². The quantitative estimate of drug-likeness (QED) is 0.541. The molecular formula is C21H19N3O3. The van der Waals surface area contributed by atoms with E-state index in [1.165, 1.54) is 22.9 Å². The molecule has 0 aliphatic heterocycles. The zero-order valence-corrected chi connectivity index (χ0v) is 14.8. The van der Waals surface area contributed by atoms with Gasteiger partial charge in [-0.3, -0.25) is 9.59 Å². The average molecular weight is 361 g/mol. The Morgan fingerprint density at radius 2 is 1.96 bits per heavy atom. The topological polar surface area (TPSA) is 83.7 Å². The Morgan fingerprint density at radius 1 is 1.15 bits per heavy atom. The van der Waals surface area contributed by atoms with E-state index in [0.717, 1.165) is 11.1 Å². The summed E-state index contributed by atoms with van der Waals surface area (Å²) in [4.78, 5) is 24.9. The lowest BCUT2D eigenvalue weighted by Crippen LogP contribution is -2.30. The number of nitrogens with one attached hydrogen (secondary N) is 1. The van der Waals surface area contributed by atoms with Crippen molar-refractivity contribution in [3.8, 4) is 5.75 Å². The highest BCUT2D eigenvalue weighted by Crippen LogP contribution is 2.12. The fourth-order valence-corrected chi connectivity index (χ4v) is 2.66. The van der Waals surface area contributed by atoms with Gasteiger partial charge < -0.3 is 9.67 Å². The number of aromatic nitrogens is 1. The van der Waals surface area contributed by atoms with E-state index < -0.39 is 11.5 Å². The summed E-state index contributed by atoms with van der Waals surface area (Å²) in [5.41, 5.74) is 4.47. The average Bonchev–Trinajstić information content (AvgIpc) is 2.65. The van der Waals surface area contributed by atoms with Gasteiger partial charge in [0.2, 0.25) is 0 Å². The number of hydrogen-bond donors (Lipinski definition) is 2. The molecule has 1 amide bonds. The van der Waals surface area contributed by atoms with E-state index in [1.807, 2.05) is 31.2 Å². The van der Waals surface area contributed by atoms with Crippen LogP contribution in [0, 0.1) is 6.92 Å². The minimum atomic E-state index is -0.606. The number of benzene rings is 2. The fraction of sp³-hybridized carbons (Fsp3) is 0.0952. The van der Waals surface area contributed by atoms with Crippen LogP contribution in [-0.2, 0) is 6.54 Å². The Bertz CT molecular complexity index is 1050. The van der Waals surface area contributed by atoms with Crippen LogP contribution >= 0.6 is 0 Å². The molecule has 0 atom stereocenters. The molecule has 0 fully saturated rings. The maximum atomic E-state index is 12.6. The third-order valence-corrected chi connectivity index (χ3v) is 4.01. The van der Waals surface area contributed by atoms with Crippen LogP contribution in [0.4, 0.5) is 0 Å². The summed E-state index contributed by atoms with van der Waals surface area (Å²) < 4.78 is 1.48. The smallest absolute Gasteiger partial charge is 0.276 e. The number of nitrogens with zero attached hydrogens (tertiary/aromatic N) is 2. The first-order valence-corrected chi connectivity index (χ1v) is 8.41. The molecule has 1 aromatic heterocycles. The number of para-hydroxylation sites is 1. The van der Waals surface area contributed by atoms with Crippen LogP contribution in [-0.4, -0.2) is 21.8 Å². The van der Waals surface area contributed by atoms with Gasteiger partial charge in [-0.1, -0.05) is 42.0 Å². The molecule has 2 aromatic carbocycles. The van der Waals surface area contributed by atoms with Crippen molar-refractivity contribution in [3.05, 3.63) is 99.5 Å². The number of pyridine rings is 1. The van der Waals surface area contributed by atoms with E-state index in [2.05, 4.69) is 10.5 Å². The Labute approximate surface area is 156 Å². The van der Waals surface area contributed by atoms with Crippen molar-refractivity contribution in [2.45, 2.75) is 13.5 Å². The van der Waals surface area contributed by atoms with Crippen LogP contribution in [0.15, 0.2) is 76.8 Å². The summed E-state index contributed by atoms with van der Waals surface area (Å²) in [6.07, 6.45) is 2.97. The lowest BCUT2D eigenvalue weighted by molar-refractivity contribution is 0.0953. The number of carbonyl (C=O) groups is 1. The molecule has 136 valence electrons. The standard InChI is InChI=1S/C21H19N3O3/c1-15-6-4-7-16(12-15)14-24-11-5-9-18(21(24)27)20(26)23-22-13-17-8-2-3-10-19(17)25/h2-13,25H,14H2,1H3,(H,23,26)/b22-13-. The highest BCUT2D eigenvalue weighted by molar-refractivity contribution is 5.94. The van der Waals surface area contributed by atoms with Gasteiger partial charge in [0.25, 0.3) is 11.5 Å². The lowest BCUT2D eigenvalue weighted by atomic mass is 10.1. The number of phenolic OH excluding ortho intramolecular Hbond substituents is 1. The summed E-state index contributed by atoms with van der Waals surface area (Å²) >= 11 is 0. The van der Waals surface area contributed by atoms with Gasteiger partial charge in [0, 0.05) is 11.8 Å². The number of rotatable bonds is 5. The molecule has 6 heteroatoms. The first-order chi connectivity index (χ1) is 13.0. The van der Waals surface area contributed by atoms with Gasteiger partial charge in [-0.05, 0) is 36.8 Å². The predicted octanol–water partition coefficient (Wildman–Crippen LogP) is 2.67. The second-order valence-corrected chi connectivity index (χ2v) is 6.10. The molecule has 0 saturated heterocycles. The first kappa shape index (κ1) is 18.1. The molecule has 0 bridgehead atoms. The Hall–Kier alpha value is -3.67. The molecule has 0 radical (unpaired) electrons. The van der Waals surface area contributed by atoms with Crippen LogP contribution in [0.5, 0.6) is 5.75 Å². The number of phenols is 1. The maximum Gasteiger partial charge on any atom is 0.276 e. The van der Waals surface area contributed by atoms with Gasteiger partial charge >= 0.3 is 0 Å². The third-order valence-electron chi connectivity index (χ3n) is 4.01. The van der Waals surface area contributed by atoms with E-state index in [-0.39, 0.29) is 11.3 Å². The van der Waals surface area contributed by atoms with Gasteiger partial charge in [-0.25, -0.2) is 5.43 Å². The second-order valence-electron chi connectivity index (χ2n) is 6.10. The Kier molecular flexibility index (Phi) is 5.47. The predicted molar refractivity (Wildman–Crippen MR) is 104 cm³/mol. The van der Waals surface area contributed by atoms with E-state index in [1.54, 1.807) is 30.5 Å². The molecule has 0 aliphatic carbocycles. The highest BCUT2D eigenvalue weighted by Gasteiger charge is 2.11. The normalized spacial score (nSPS) is 10.9. The van der Waals surface area contributed by atoms with Crippen molar-refractivity contribution in [1.82, 2.24) is 9.99 Å². The molecule has 2 N–H and O–H groups in total. The molecular weight excluding hydrogens is 342 g/mol. The van der Waals surface area contributed by atoms with E-state index in [9.17, 15) is 14.7 Å². The van der Waals surface area contributed by atoms with Gasteiger partial charge in [-0.15, -0.1) is 0 Å². The van der Waals surface area contributed by atoms with Crippen LogP contribution in [0.25, 0.3) is 0 Å². The zero-order valence-electron chi connectivity index (χ0n) is 14.8. The van der Waals surface area contributed by atoms with Crippen molar-refractivity contribution >= 4 is 12.1 Å². The second kappa shape index (κ2) is 8.14. The molecule has 27 heavy (non-hydrogen) atoms. The highest BCUT2D eigenvalue weighted by atomic mass is 16.3. The van der Waals surface area contributed by atoms with Crippen molar-refractivity contribution in [2.24, 2.45) is 5.10 Å². The molecule has 0 aliphatic rings. The largest absolute Gasteiger partial charge is 0.507 e. The SMILES string of the molecule is Cc1cccc(Cn2cccc(C(=O)N/N=C\c3ccccc3O)c2=O)c1. The van der Waals surface area contributed by atoms with Gasteiger partial charge in [0.15, 0.2) is 0 Å². The van der Waals surface area contributed by atoms with Crippen LogP contribution < -0.4 is 11.0 Å². The van der Waals surface area contributed by atoms with Crippen LogP contribution in [0.3, 0.4) is 0 Å². The number of aromatic hydroxyl groups is 1. The minimum absolute atomic E-state index is 0.000383. The Balaban J connectivity index is 1.76. The maximum absolute atomic E-state index is 12.6. The van der Waals surface area contributed by atoms with Gasteiger partial charge in [-0.2, -0.15) is 5.10 Å². The van der Waals surface area contributed by atoms with Crippen molar-refractivity contribution in [1.29, 1.82) is 0 Å². The molecule has 1 heterocycles. The van der Waals surface area contributed by atoms with E-state index >= 15 is 0 Å².